The Hall–Kier alpha value is -1.87. The summed E-state index contributed by atoms with van der Waals surface area (Å²) in [5.41, 5.74) is 3.83. The maximum absolute atomic E-state index is 4.40. The first-order chi connectivity index (χ1) is 9.81. The highest BCUT2D eigenvalue weighted by Crippen LogP contribution is 2.17. The number of hydrogen-bond acceptors (Lipinski definition) is 3. The van der Waals surface area contributed by atoms with E-state index in [2.05, 4.69) is 58.1 Å². The molecular formula is C17H21N3. The zero-order valence-corrected chi connectivity index (χ0v) is 12.0. The third-order valence-electron chi connectivity index (χ3n) is 3.88. The van der Waals surface area contributed by atoms with E-state index < -0.39 is 0 Å². The van der Waals surface area contributed by atoms with Crippen LogP contribution < -0.4 is 4.90 Å². The molecule has 104 valence electrons. The molecule has 0 spiro atoms. The van der Waals surface area contributed by atoms with Gasteiger partial charge in [-0.2, -0.15) is 0 Å². The first kappa shape index (κ1) is 13.1. The summed E-state index contributed by atoms with van der Waals surface area (Å²) in [5, 5.41) is 0. The maximum atomic E-state index is 4.40. The van der Waals surface area contributed by atoms with Gasteiger partial charge in [0.2, 0.25) is 0 Å². The number of aromatic nitrogens is 1. The third-order valence-corrected chi connectivity index (χ3v) is 3.88. The molecule has 3 rings (SSSR count). The van der Waals surface area contributed by atoms with Crippen LogP contribution in [-0.4, -0.2) is 36.1 Å². The first-order valence-electron chi connectivity index (χ1n) is 7.25. The summed E-state index contributed by atoms with van der Waals surface area (Å²) >= 11 is 0. The van der Waals surface area contributed by atoms with Gasteiger partial charge in [0, 0.05) is 44.6 Å². The minimum atomic E-state index is 0.961. The van der Waals surface area contributed by atoms with Crippen molar-refractivity contribution in [3.63, 3.8) is 0 Å². The third kappa shape index (κ3) is 3.17. The lowest BCUT2D eigenvalue weighted by molar-refractivity contribution is 0.247. The smallest absolute Gasteiger partial charge is 0.0543 e. The van der Waals surface area contributed by atoms with Crippen LogP contribution in [0.15, 0.2) is 48.7 Å². The highest BCUT2D eigenvalue weighted by Gasteiger charge is 2.17. The number of piperazine rings is 1. The minimum Gasteiger partial charge on any atom is -0.369 e. The fraction of sp³-hybridized carbons (Fsp3) is 0.353. The topological polar surface area (TPSA) is 19.4 Å². The molecular weight excluding hydrogens is 246 g/mol. The summed E-state index contributed by atoms with van der Waals surface area (Å²) < 4.78 is 0. The van der Waals surface area contributed by atoms with Crippen LogP contribution in [0.3, 0.4) is 0 Å². The van der Waals surface area contributed by atoms with Gasteiger partial charge in [-0.1, -0.05) is 23.8 Å². The molecule has 1 aliphatic rings. The van der Waals surface area contributed by atoms with Crippen LogP contribution in [0, 0.1) is 6.92 Å². The van der Waals surface area contributed by atoms with Gasteiger partial charge < -0.3 is 4.90 Å². The predicted molar refractivity (Wildman–Crippen MR) is 82.9 cm³/mol. The molecule has 0 aliphatic carbocycles. The molecule has 2 aromatic rings. The molecule has 3 nitrogen and oxygen atoms in total. The van der Waals surface area contributed by atoms with Gasteiger partial charge in [0.05, 0.1) is 5.69 Å². The quantitative estimate of drug-likeness (QED) is 0.852. The molecule has 1 saturated heterocycles. The molecule has 0 bridgehead atoms. The molecule has 0 atom stereocenters. The maximum Gasteiger partial charge on any atom is 0.0543 e. The van der Waals surface area contributed by atoms with Gasteiger partial charge in [0.15, 0.2) is 0 Å². The van der Waals surface area contributed by atoms with E-state index in [1.54, 1.807) is 0 Å². The van der Waals surface area contributed by atoms with Crippen LogP contribution in [0.2, 0.25) is 0 Å². The van der Waals surface area contributed by atoms with Crippen molar-refractivity contribution in [1.29, 1.82) is 0 Å². The SMILES string of the molecule is Cc1ccc(N2CCN(Cc3ccccn3)CC2)cc1. The Morgan fingerprint density at radius 1 is 0.950 bits per heavy atom. The number of aryl methyl sites for hydroxylation is 1. The summed E-state index contributed by atoms with van der Waals surface area (Å²) in [4.78, 5) is 9.35. The zero-order chi connectivity index (χ0) is 13.8. The summed E-state index contributed by atoms with van der Waals surface area (Å²) in [7, 11) is 0. The second-order valence-electron chi connectivity index (χ2n) is 5.42. The summed E-state index contributed by atoms with van der Waals surface area (Å²) in [6, 6.07) is 15.0. The summed E-state index contributed by atoms with van der Waals surface area (Å²) in [6.45, 7) is 7.48. The Labute approximate surface area is 120 Å². The molecule has 0 saturated carbocycles. The van der Waals surface area contributed by atoms with Crippen molar-refractivity contribution in [2.45, 2.75) is 13.5 Å². The van der Waals surface area contributed by atoms with Crippen LogP contribution in [0.1, 0.15) is 11.3 Å². The second-order valence-corrected chi connectivity index (χ2v) is 5.42. The number of anilines is 1. The fourth-order valence-corrected chi connectivity index (χ4v) is 2.64. The number of nitrogens with zero attached hydrogens (tertiary/aromatic N) is 3. The Morgan fingerprint density at radius 2 is 1.70 bits per heavy atom. The average Bonchev–Trinajstić information content (AvgIpc) is 2.50. The van der Waals surface area contributed by atoms with Crippen molar-refractivity contribution in [2.75, 3.05) is 31.1 Å². The molecule has 1 fully saturated rings. The van der Waals surface area contributed by atoms with Crippen molar-refractivity contribution in [3.05, 3.63) is 59.9 Å². The lowest BCUT2D eigenvalue weighted by Gasteiger charge is -2.36. The lowest BCUT2D eigenvalue weighted by atomic mass is 10.2. The van der Waals surface area contributed by atoms with Gasteiger partial charge in [-0.25, -0.2) is 0 Å². The van der Waals surface area contributed by atoms with Gasteiger partial charge in [-0.05, 0) is 31.2 Å². The fourth-order valence-electron chi connectivity index (χ4n) is 2.64. The predicted octanol–water partition coefficient (Wildman–Crippen LogP) is 2.71. The van der Waals surface area contributed by atoms with Crippen LogP contribution in [0.4, 0.5) is 5.69 Å². The van der Waals surface area contributed by atoms with Gasteiger partial charge in [-0.3, -0.25) is 9.88 Å². The van der Waals surface area contributed by atoms with E-state index in [1.165, 1.54) is 11.3 Å². The standard InChI is InChI=1S/C17H21N3/c1-15-5-7-17(8-6-15)20-12-10-19(11-13-20)14-16-4-2-3-9-18-16/h2-9H,10-14H2,1H3. The number of hydrogen-bond donors (Lipinski definition) is 0. The Bertz CT molecular complexity index is 528. The van der Waals surface area contributed by atoms with Crippen LogP contribution in [0.25, 0.3) is 0 Å². The molecule has 2 heterocycles. The normalized spacial score (nSPS) is 16.4. The van der Waals surface area contributed by atoms with Crippen molar-refractivity contribution in [3.8, 4) is 0 Å². The lowest BCUT2D eigenvalue weighted by Crippen LogP contribution is -2.46. The van der Waals surface area contributed by atoms with Gasteiger partial charge in [0.25, 0.3) is 0 Å². The molecule has 0 radical (unpaired) electrons. The summed E-state index contributed by atoms with van der Waals surface area (Å²) in [6.07, 6.45) is 1.87. The molecule has 3 heteroatoms. The van der Waals surface area contributed by atoms with Crippen LogP contribution >= 0.6 is 0 Å². The molecule has 1 aliphatic heterocycles. The molecule has 1 aromatic carbocycles. The molecule has 0 N–H and O–H groups in total. The van der Waals surface area contributed by atoms with Crippen molar-refractivity contribution >= 4 is 5.69 Å². The number of pyridine rings is 1. The van der Waals surface area contributed by atoms with Gasteiger partial charge >= 0.3 is 0 Å². The highest BCUT2D eigenvalue weighted by atomic mass is 15.3. The van der Waals surface area contributed by atoms with E-state index in [0.717, 1.165) is 38.4 Å². The van der Waals surface area contributed by atoms with E-state index in [9.17, 15) is 0 Å². The number of benzene rings is 1. The number of rotatable bonds is 3. The van der Waals surface area contributed by atoms with E-state index in [1.807, 2.05) is 12.3 Å². The first-order valence-corrected chi connectivity index (χ1v) is 7.25. The van der Waals surface area contributed by atoms with E-state index in [0.29, 0.717) is 0 Å². The van der Waals surface area contributed by atoms with Crippen molar-refractivity contribution in [2.24, 2.45) is 0 Å². The largest absolute Gasteiger partial charge is 0.369 e. The van der Waals surface area contributed by atoms with Crippen molar-refractivity contribution < 1.29 is 0 Å². The van der Waals surface area contributed by atoms with Gasteiger partial charge in [0.1, 0.15) is 0 Å². The van der Waals surface area contributed by atoms with E-state index >= 15 is 0 Å². The van der Waals surface area contributed by atoms with Crippen LogP contribution in [0.5, 0.6) is 0 Å². The minimum absolute atomic E-state index is 0.961. The van der Waals surface area contributed by atoms with Crippen molar-refractivity contribution in [1.82, 2.24) is 9.88 Å². The second kappa shape index (κ2) is 6.06. The van der Waals surface area contributed by atoms with E-state index in [-0.39, 0.29) is 0 Å². The molecule has 20 heavy (non-hydrogen) atoms. The Balaban J connectivity index is 1.55. The molecule has 0 amide bonds. The van der Waals surface area contributed by atoms with E-state index in [4.69, 9.17) is 0 Å². The molecule has 1 aromatic heterocycles. The zero-order valence-electron chi connectivity index (χ0n) is 12.0. The monoisotopic (exact) mass is 267 g/mol. The Morgan fingerprint density at radius 3 is 2.35 bits per heavy atom. The van der Waals surface area contributed by atoms with Gasteiger partial charge in [-0.15, -0.1) is 0 Å². The molecule has 0 unspecified atom stereocenters. The average molecular weight is 267 g/mol. The summed E-state index contributed by atoms with van der Waals surface area (Å²) in [5.74, 6) is 0. The van der Waals surface area contributed by atoms with Crippen LogP contribution in [-0.2, 0) is 6.54 Å². The highest BCUT2D eigenvalue weighted by molar-refractivity contribution is 5.47. The Kier molecular flexibility index (Phi) is 3.97.